The first-order valence-electron chi connectivity index (χ1n) is 7.66. The summed E-state index contributed by atoms with van der Waals surface area (Å²) >= 11 is 0. The Bertz CT molecular complexity index is 650. The summed E-state index contributed by atoms with van der Waals surface area (Å²) in [6.45, 7) is 0. The fraction of sp³-hybridized carbons (Fsp3) is 0.333. The van der Waals surface area contributed by atoms with Gasteiger partial charge in [0.1, 0.15) is 18.4 Å². The number of aromatic nitrogens is 3. The van der Waals surface area contributed by atoms with Crippen LogP contribution in [-0.4, -0.2) is 35.1 Å². The third kappa shape index (κ3) is 3.51. The average Bonchev–Trinajstić information content (AvgIpc) is 3.29. The predicted octanol–water partition coefficient (Wildman–Crippen LogP) is 2.83. The number of hydrogen-bond acceptors (Lipinski definition) is 4. The molecule has 1 aliphatic carbocycles. The van der Waals surface area contributed by atoms with E-state index >= 15 is 0 Å². The van der Waals surface area contributed by atoms with Gasteiger partial charge in [0, 0.05) is 13.0 Å². The lowest BCUT2D eigenvalue weighted by molar-refractivity contribution is 0.0337. The Labute approximate surface area is 136 Å². The van der Waals surface area contributed by atoms with Crippen LogP contribution in [0.1, 0.15) is 11.6 Å². The average molecular weight is 311 g/mol. The molecule has 2 aromatic rings. The van der Waals surface area contributed by atoms with Crippen LogP contribution in [0.5, 0.6) is 5.75 Å². The number of methoxy groups -OCH3 is 2. The Morgan fingerprint density at radius 2 is 1.87 bits per heavy atom. The third-order valence-electron chi connectivity index (χ3n) is 4.19. The molecule has 2 atom stereocenters. The van der Waals surface area contributed by atoms with Gasteiger partial charge in [0.15, 0.2) is 0 Å². The summed E-state index contributed by atoms with van der Waals surface area (Å²) in [6, 6.07) is 8.18. The Morgan fingerprint density at radius 3 is 2.43 bits per heavy atom. The van der Waals surface area contributed by atoms with Crippen LogP contribution in [-0.2, 0) is 11.2 Å². The van der Waals surface area contributed by atoms with Crippen LogP contribution in [0.25, 0.3) is 0 Å². The first-order chi connectivity index (χ1) is 11.3. The minimum Gasteiger partial charge on any atom is -0.497 e. The maximum absolute atomic E-state index is 5.82. The molecule has 0 N–H and O–H groups in total. The van der Waals surface area contributed by atoms with E-state index in [1.54, 1.807) is 26.9 Å². The van der Waals surface area contributed by atoms with E-state index in [2.05, 4.69) is 46.5 Å². The molecule has 23 heavy (non-hydrogen) atoms. The standard InChI is InChI=1S/C18H21N3O2/c1-22-16-9-7-14(8-10-16)11-17(21-13-19-12-20-21)18(23-2)15-5-3-4-6-15/h3-10,12-13,15,17-18H,11H2,1-2H3. The minimum absolute atomic E-state index is 0.00574. The molecule has 120 valence electrons. The highest BCUT2D eigenvalue weighted by Crippen LogP contribution is 2.29. The molecule has 0 bridgehead atoms. The van der Waals surface area contributed by atoms with Gasteiger partial charge in [-0.05, 0) is 24.1 Å². The van der Waals surface area contributed by atoms with Crippen molar-refractivity contribution < 1.29 is 9.47 Å². The van der Waals surface area contributed by atoms with Crippen molar-refractivity contribution in [1.29, 1.82) is 0 Å². The largest absolute Gasteiger partial charge is 0.497 e. The molecule has 0 saturated carbocycles. The van der Waals surface area contributed by atoms with Crippen molar-refractivity contribution in [1.82, 2.24) is 14.8 Å². The molecule has 0 saturated heterocycles. The summed E-state index contributed by atoms with van der Waals surface area (Å²) in [5, 5.41) is 4.34. The minimum atomic E-state index is -0.00574. The highest BCUT2D eigenvalue weighted by Gasteiger charge is 2.30. The maximum Gasteiger partial charge on any atom is 0.137 e. The van der Waals surface area contributed by atoms with Crippen LogP contribution in [0.2, 0.25) is 0 Å². The number of hydrogen-bond donors (Lipinski definition) is 0. The normalized spacial score (nSPS) is 16.6. The third-order valence-corrected chi connectivity index (χ3v) is 4.19. The monoisotopic (exact) mass is 311 g/mol. The molecule has 0 radical (unpaired) electrons. The first-order valence-corrected chi connectivity index (χ1v) is 7.66. The molecular weight excluding hydrogens is 290 g/mol. The van der Waals surface area contributed by atoms with E-state index in [-0.39, 0.29) is 18.1 Å². The SMILES string of the molecule is COc1ccc(CC(C(OC)C2C=CC=C2)n2cncn2)cc1. The molecule has 0 amide bonds. The highest BCUT2D eigenvalue weighted by atomic mass is 16.5. The Kier molecular flexibility index (Phi) is 4.88. The topological polar surface area (TPSA) is 49.2 Å². The summed E-state index contributed by atoms with van der Waals surface area (Å²) in [7, 11) is 3.43. The number of ether oxygens (including phenoxy) is 2. The molecule has 2 unspecified atom stereocenters. The van der Waals surface area contributed by atoms with Gasteiger partial charge in [0.25, 0.3) is 0 Å². The second-order valence-corrected chi connectivity index (χ2v) is 5.54. The van der Waals surface area contributed by atoms with Crippen molar-refractivity contribution in [2.45, 2.75) is 18.6 Å². The van der Waals surface area contributed by atoms with E-state index < -0.39 is 0 Å². The molecular formula is C18H21N3O2. The molecule has 0 aliphatic heterocycles. The van der Waals surface area contributed by atoms with Crippen molar-refractivity contribution >= 4 is 0 Å². The van der Waals surface area contributed by atoms with E-state index in [4.69, 9.17) is 9.47 Å². The Balaban J connectivity index is 1.85. The van der Waals surface area contributed by atoms with E-state index in [9.17, 15) is 0 Å². The molecule has 1 heterocycles. The first kappa shape index (κ1) is 15.5. The molecule has 0 fully saturated rings. The van der Waals surface area contributed by atoms with Gasteiger partial charge in [-0.15, -0.1) is 0 Å². The molecule has 0 spiro atoms. The van der Waals surface area contributed by atoms with E-state index in [1.807, 2.05) is 16.8 Å². The summed E-state index contributed by atoms with van der Waals surface area (Å²) in [6.07, 6.45) is 12.6. The summed E-state index contributed by atoms with van der Waals surface area (Å²) in [5.74, 6) is 1.10. The van der Waals surface area contributed by atoms with Crippen LogP contribution in [0.3, 0.4) is 0 Å². The van der Waals surface area contributed by atoms with E-state index in [1.165, 1.54) is 5.56 Å². The van der Waals surface area contributed by atoms with Gasteiger partial charge in [-0.2, -0.15) is 5.10 Å². The van der Waals surface area contributed by atoms with Crippen molar-refractivity contribution in [2.24, 2.45) is 5.92 Å². The maximum atomic E-state index is 5.82. The number of benzene rings is 1. The summed E-state index contributed by atoms with van der Waals surface area (Å²) in [5.41, 5.74) is 1.21. The van der Waals surface area contributed by atoms with E-state index in [0.29, 0.717) is 0 Å². The van der Waals surface area contributed by atoms with Crippen molar-refractivity contribution in [3.63, 3.8) is 0 Å². The van der Waals surface area contributed by atoms with Crippen molar-refractivity contribution in [2.75, 3.05) is 14.2 Å². The van der Waals surface area contributed by atoms with Gasteiger partial charge in [-0.25, -0.2) is 9.67 Å². The van der Waals surface area contributed by atoms with Crippen LogP contribution in [0.15, 0.2) is 61.2 Å². The number of allylic oxidation sites excluding steroid dienone is 2. The summed E-state index contributed by atoms with van der Waals surface area (Å²) < 4.78 is 12.9. The Hall–Kier alpha value is -2.40. The molecule has 3 rings (SSSR count). The van der Waals surface area contributed by atoms with Gasteiger partial charge in [-0.1, -0.05) is 36.4 Å². The van der Waals surface area contributed by atoms with Gasteiger partial charge < -0.3 is 9.47 Å². The van der Waals surface area contributed by atoms with Crippen molar-refractivity contribution in [3.05, 3.63) is 66.8 Å². The zero-order valence-corrected chi connectivity index (χ0v) is 13.4. The zero-order valence-electron chi connectivity index (χ0n) is 13.4. The lowest BCUT2D eigenvalue weighted by atomic mass is 9.92. The molecule has 1 aromatic carbocycles. The van der Waals surface area contributed by atoms with Crippen LogP contribution < -0.4 is 4.74 Å². The number of rotatable bonds is 7. The zero-order chi connectivity index (χ0) is 16.1. The van der Waals surface area contributed by atoms with Crippen LogP contribution in [0, 0.1) is 5.92 Å². The predicted molar refractivity (Wildman–Crippen MR) is 88.3 cm³/mol. The van der Waals surface area contributed by atoms with Crippen LogP contribution in [0.4, 0.5) is 0 Å². The van der Waals surface area contributed by atoms with Crippen LogP contribution >= 0.6 is 0 Å². The lowest BCUT2D eigenvalue weighted by Gasteiger charge is -2.29. The number of nitrogens with zero attached hydrogens (tertiary/aromatic N) is 3. The quantitative estimate of drug-likeness (QED) is 0.789. The van der Waals surface area contributed by atoms with Gasteiger partial charge in [0.2, 0.25) is 0 Å². The molecule has 1 aromatic heterocycles. The molecule has 1 aliphatic rings. The smallest absolute Gasteiger partial charge is 0.137 e. The molecule has 5 nitrogen and oxygen atoms in total. The second-order valence-electron chi connectivity index (χ2n) is 5.54. The lowest BCUT2D eigenvalue weighted by Crippen LogP contribution is -2.33. The Morgan fingerprint density at radius 1 is 1.13 bits per heavy atom. The van der Waals surface area contributed by atoms with Gasteiger partial charge in [0.05, 0.1) is 19.3 Å². The highest BCUT2D eigenvalue weighted by molar-refractivity contribution is 5.28. The molecule has 5 heteroatoms. The van der Waals surface area contributed by atoms with E-state index in [0.717, 1.165) is 12.2 Å². The van der Waals surface area contributed by atoms with Gasteiger partial charge >= 0.3 is 0 Å². The fourth-order valence-electron chi connectivity index (χ4n) is 2.99. The van der Waals surface area contributed by atoms with Gasteiger partial charge in [-0.3, -0.25) is 0 Å². The van der Waals surface area contributed by atoms with Crippen molar-refractivity contribution in [3.8, 4) is 5.75 Å². The second kappa shape index (κ2) is 7.24. The summed E-state index contributed by atoms with van der Waals surface area (Å²) in [4.78, 5) is 4.10. The fourth-order valence-corrected chi connectivity index (χ4v) is 2.99.